The van der Waals surface area contributed by atoms with Gasteiger partial charge in [-0.3, -0.25) is 0 Å². The van der Waals surface area contributed by atoms with Gasteiger partial charge < -0.3 is 14.5 Å². The van der Waals surface area contributed by atoms with Gasteiger partial charge in [0.1, 0.15) is 5.76 Å². The quantitative estimate of drug-likeness (QED) is 0.851. The molecule has 0 saturated heterocycles. The Labute approximate surface area is 118 Å². The molecule has 1 N–H and O–H groups in total. The molecule has 106 valence electrons. The first-order chi connectivity index (χ1) is 9.63. The summed E-state index contributed by atoms with van der Waals surface area (Å²) >= 11 is 0. The third-order valence-electron chi connectivity index (χ3n) is 3.23. The summed E-state index contributed by atoms with van der Waals surface area (Å²) in [7, 11) is 3.22. The second-order valence-corrected chi connectivity index (χ2v) is 4.73. The lowest BCUT2D eigenvalue weighted by Gasteiger charge is -2.14. The van der Waals surface area contributed by atoms with E-state index in [1.807, 2.05) is 19.2 Å². The summed E-state index contributed by atoms with van der Waals surface area (Å²) in [5, 5.41) is 3.21. The second-order valence-electron chi connectivity index (χ2n) is 4.73. The maximum absolute atomic E-state index is 11.4. The van der Waals surface area contributed by atoms with Crippen molar-refractivity contribution in [3.8, 4) is 0 Å². The number of aryl methyl sites for hydroxylation is 1. The molecule has 0 amide bonds. The van der Waals surface area contributed by atoms with Crippen LogP contribution in [0.1, 0.15) is 33.5 Å². The zero-order valence-electron chi connectivity index (χ0n) is 12.0. The molecular weight excluding hydrogens is 254 g/mol. The second kappa shape index (κ2) is 6.39. The van der Waals surface area contributed by atoms with Crippen LogP contribution in [0.25, 0.3) is 0 Å². The summed E-state index contributed by atoms with van der Waals surface area (Å²) in [6.45, 7) is 2.07. The van der Waals surface area contributed by atoms with E-state index in [1.54, 1.807) is 6.07 Å². The molecule has 4 nitrogen and oxygen atoms in total. The van der Waals surface area contributed by atoms with Crippen molar-refractivity contribution in [1.82, 2.24) is 5.32 Å². The molecule has 1 heterocycles. The van der Waals surface area contributed by atoms with Gasteiger partial charge in [-0.2, -0.15) is 0 Å². The summed E-state index contributed by atoms with van der Waals surface area (Å²) < 4.78 is 10.2. The first-order valence-electron chi connectivity index (χ1n) is 6.55. The number of furan rings is 1. The van der Waals surface area contributed by atoms with Gasteiger partial charge in [0.25, 0.3) is 0 Å². The van der Waals surface area contributed by atoms with E-state index in [1.165, 1.54) is 18.2 Å². The maximum atomic E-state index is 11.4. The average molecular weight is 273 g/mol. The minimum Gasteiger partial charge on any atom is -0.463 e. The Bertz CT molecular complexity index is 589. The number of esters is 1. The van der Waals surface area contributed by atoms with E-state index in [0.29, 0.717) is 0 Å². The minimum atomic E-state index is -0.457. The molecule has 0 aliphatic carbocycles. The van der Waals surface area contributed by atoms with Crippen LogP contribution in [-0.4, -0.2) is 20.1 Å². The lowest BCUT2D eigenvalue weighted by molar-refractivity contribution is 0.0562. The van der Waals surface area contributed by atoms with Crippen LogP contribution >= 0.6 is 0 Å². The molecule has 20 heavy (non-hydrogen) atoms. The zero-order chi connectivity index (χ0) is 14.5. The van der Waals surface area contributed by atoms with Crippen LogP contribution in [0.15, 0.2) is 40.8 Å². The number of hydrogen-bond acceptors (Lipinski definition) is 4. The number of ether oxygens (including phenoxy) is 1. The number of methoxy groups -OCH3 is 1. The topological polar surface area (TPSA) is 51.5 Å². The fraction of sp³-hybridized carbons (Fsp3) is 0.312. The van der Waals surface area contributed by atoms with E-state index < -0.39 is 5.97 Å². The normalized spacial score (nSPS) is 12.2. The van der Waals surface area contributed by atoms with Gasteiger partial charge in [0.05, 0.1) is 13.2 Å². The van der Waals surface area contributed by atoms with E-state index in [4.69, 9.17) is 4.42 Å². The summed E-state index contributed by atoms with van der Waals surface area (Å²) in [5.74, 6) is 0.503. The Morgan fingerprint density at radius 3 is 2.80 bits per heavy atom. The molecule has 2 aromatic rings. The fourth-order valence-corrected chi connectivity index (χ4v) is 2.17. The van der Waals surface area contributed by atoms with E-state index in [2.05, 4.69) is 35.2 Å². The fourth-order valence-electron chi connectivity index (χ4n) is 2.17. The van der Waals surface area contributed by atoms with Crippen molar-refractivity contribution in [3.05, 3.63) is 59.0 Å². The van der Waals surface area contributed by atoms with E-state index in [9.17, 15) is 4.79 Å². The Morgan fingerprint density at radius 2 is 2.15 bits per heavy atom. The molecule has 0 aliphatic heterocycles. The van der Waals surface area contributed by atoms with Gasteiger partial charge in [-0.15, -0.1) is 0 Å². The highest BCUT2D eigenvalue weighted by Gasteiger charge is 2.17. The SMILES string of the molecule is CNC(Cc1cccc(C)c1)c1ccc(C(=O)OC)o1. The van der Waals surface area contributed by atoms with E-state index in [-0.39, 0.29) is 11.8 Å². The Kier molecular flexibility index (Phi) is 4.58. The van der Waals surface area contributed by atoms with Crippen LogP contribution in [0.5, 0.6) is 0 Å². The summed E-state index contributed by atoms with van der Waals surface area (Å²) in [6, 6.07) is 11.8. The Hall–Kier alpha value is -2.07. The highest BCUT2D eigenvalue weighted by molar-refractivity contribution is 5.86. The van der Waals surface area contributed by atoms with Crippen LogP contribution in [0.3, 0.4) is 0 Å². The first kappa shape index (κ1) is 14.3. The minimum absolute atomic E-state index is 0.0233. The molecule has 2 rings (SSSR count). The van der Waals surface area contributed by atoms with E-state index in [0.717, 1.165) is 12.2 Å². The van der Waals surface area contributed by atoms with Gasteiger partial charge in [-0.05, 0) is 38.1 Å². The van der Waals surface area contributed by atoms with Crippen LogP contribution in [-0.2, 0) is 11.2 Å². The van der Waals surface area contributed by atoms with Gasteiger partial charge in [-0.1, -0.05) is 29.8 Å². The molecule has 1 unspecified atom stereocenters. The maximum Gasteiger partial charge on any atom is 0.373 e. The molecule has 0 spiro atoms. The summed E-state index contributed by atoms with van der Waals surface area (Å²) in [4.78, 5) is 11.4. The molecule has 0 radical (unpaired) electrons. The predicted molar refractivity (Wildman–Crippen MR) is 76.7 cm³/mol. The van der Waals surface area contributed by atoms with Crippen LogP contribution in [0.2, 0.25) is 0 Å². The standard InChI is InChI=1S/C16H19NO3/c1-11-5-4-6-12(9-11)10-13(17-2)14-7-8-15(20-14)16(18)19-3/h4-9,13,17H,10H2,1-3H3. The van der Waals surface area contributed by atoms with Crippen LogP contribution in [0.4, 0.5) is 0 Å². The molecule has 1 aromatic carbocycles. The molecule has 4 heteroatoms. The molecule has 0 fully saturated rings. The van der Waals surface area contributed by atoms with Gasteiger partial charge in [0.2, 0.25) is 5.76 Å². The zero-order valence-corrected chi connectivity index (χ0v) is 12.0. The van der Waals surface area contributed by atoms with Gasteiger partial charge in [0.15, 0.2) is 0 Å². The molecule has 1 aromatic heterocycles. The number of benzene rings is 1. The van der Waals surface area contributed by atoms with E-state index >= 15 is 0 Å². The Balaban J connectivity index is 2.16. The highest BCUT2D eigenvalue weighted by Crippen LogP contribution is 2.21. The summed E-state index contributed by atoms with van der Waals surface area (Å²) in [6.07, 6.45) is 0.798. The number of rotatable bonds is 5. The van der Waals surface area contributed by atoms with Gasteiger partial charge in [0, 0.05) is 0 Å². The first-order valence-corrected chi connectivity index (χ1v) is 6.55. The van der Waals surface area contributed by atoms with Crippen molar-refractivity contribution in [2.75, 3.05) is 14.2 Å². The van der Waals surface area contributed by atoms with Crippen molar-refractivity contribution >= 4 is 5.97 Å². The lowest BCUT2D eigenvalue weighted by atomic mass is 10.0. The van der Waals surface area contributed by atoms with Gasteiger partial charge >= 0.3 is 5.97 Å². The largest absolute Gasteiger partial charge is 0.463 e. The third-order valence-corrected chi connectivity index (χ3v) is 3.23. The number of hydrogen-bond donors (Lipinski definition) is 1. The summed E-state index contributed by atoms with van der Waals surface area (Å²) in [5.41, 5.74) is 2.45. The van der Waals surface area contributed by atoms with Crippen molar-refractivity contribution < 1.29 is 13.9 Å². The number of carbonyl (C=O) groups is 1. The number of nitrogens with one attached hydrogen (secondary N) is 1. The smallest absolute Gasteiger partial charge is 0.373 e. The lowest BCUT2D eigenvalue weighted by Crippen LogP contribution is -2.18. The Morgan fingerprint density at radius 1 is 1.35 bits per heavy atom. The van der Waals surface area contributed by atoms with Crippen LogP contribution < -0.4 is 5.32 Å². The molecular formula is C16H19NO3. The highest BCUT2D eigenvalue weighted by atomic mass is 16.5. The van der Waals surface area contributed by atoms with Crippen LogP contribution in [0, 0.1) is 6.92 Å². The van der Waals surface area contributed by atoms with Crippen molar-refractivity contribution in [2.24, 2.45) is 0 Å². The molecule has 0 aliphatic rings. The van der Waals surface area contributed by atoms with Crippen molar-refractivity contribution in [3.63, 3.8) is 0 Å². The van der Waals surface area contributed by atoms with Gasteiger partial charge in [-0.25, -0.2) is 4.79 Å². The third kappa shape index (κ3) is 3.27. The number of likely N-dealkylation sites (N-methyl/N-ethyl adjacent to an activating group) is 1. The van der Waals surface area contributed by atoms with Crippen molar-refractivity contribution in [2.45, 2.75) is 19.4 Å². The molecule has 0 bridgehead atoms. The molecule has 1 atom stereocenters. The monoisotopic (exact) mass is 273 g/mol. The predicted octanol–water partition coefficient (Wildman–Crippen LogP) is 2.88. The molecule has 0 saturated carbocycles. The van der Waals surface area contributed by atoms with Crippen molar-refractivity contribution in [1.29, 1.82) is 0 Å². The number of carbonyl (C=O) groups excluding carboxylic acids is 1. The average Bonchev–Trinajstić information content (AvgIpc) is 2.93.